The number of non-ortho nitro benzene ring substituents is 1. The van der Waals surface area contributed by atoms with Gasteiger partial charge in [0.15, 0.2) is 5.82 Å². The van der Waals surface area contributed by atoms with E-state index in [1.165, 1.54) is 6.07 Å². The fraction of sp³-hybridized carbons (Fsp3) is 0.412. The molecule has 3 heterocycles. The van der Waals surface area contributed by atoms with Crippen molar-refractivity contribution in [1.29, 1.82) is 0 Å². The maximum absolute atomic E-state index is 11.0. The first-order valence-electron chi connectivity index (χ1n) is 8.28. The van der Waals surface area contributed by atoms with E-state index in [1.807, 2.05) is 13.1 Å². The van der Waals surface area contributed by atoms with Crippen LogP contribution in [0.15, 0.2) is 28.9 Å². The molecule has 0 aliphatic carbocycles. The summed E-state index contributed by atoms with van der Waals surface area (Å²) in [6.07, 6.45) is 4.25. The second-order valence-corrected chi connectivity index (χ2v) is 6.43. The molecule has 0 amide bonds. The molecular weight excluding hydrogens is 324 g/mol. The summed E-state index contributed by atoms with van der Waals surface area (Å²) in [6.45, 7) is 2.75. The summed E-state index contributed by atoms with van der Waals surface area (Å²) in [7, 11) is 0. The van der Waals surface area contributed by atoms with E-state index in [9.17, 15) is 10.1 Å². The molecule has 1 N–H and O–H groups in total. The largest absolute Gasteiger partial charge is 0.378 e. The van der Waals surface area contributed by atoms with Gasteiger partial charge in [0.25, 0.3) is 5.69 Å². The van der Waals surface area contributed by atoms with Crippen molar-refractivity contribution in [3.8, 4) is 0 Å². The van der Waals surface area contributed by atoms with Crippen LogP contribution in [0, 0.1) is 10.1 Å². The number of H-pyrrole nitrogens is 1. The molecule has 2 atom stereocenters. The molecule has 1 saturated heterocycles. The van der Waals surface area contributed by atoms with Crippen LogP contribution in [0.3, 0.4) is 0 Å². The number of hydrogen-bond acceptors (Lipinski definition) is 6. The second-order valence-electron chi connectivity index (χ2n) is 6.43. The highest BCUT2D eigenvalue weighted by Crippen LogP contribution is 2.29. The van der Waals surface area contributed by atoms with Crippen molar-refractivity contribution >= 4 is 16.6 Å². The minimum Gasteiger partial charge on any atom is -0.378 e. The monoisotopic (exact) mass is 342 g/mol. The normalized spacial score (nSPS) is 20.8. The second kappa shape index (κ2) is 6.29. The molecule has 130 valence electrons. The minimum absolute atomic E-state index is 0.0679. The van der Waals surface area contributed by atoms with E-state index in [2.05, 4.69) is 15.1 Å². The Morgan fingerprint density at radius 3 is 3.12 bits per heavy atom. The van der Waals surface area contributed by atoms with Crippen LogP contribution in [0.2, 0.25) is 0 Å². The number of hydrogen-bond donors (Lipinski definition) is 1. The summed E-state index contributed by atoms with van der Waals surface area (Å²) in [5, 5.41) is 15.9. The number of aromatic nitrogens is 3. The number of rotatable bonds is 4. The third kappa shape index (κ3) is 3.12. The fourth-order valence-electron chi connectivity index (χ4n) is 3.32. The Labute approximate surface area is 143 Å². The van der Waals surface area contributed by atoms with Gasteiger partial charge in [-0.25, -0.2) is 0 Å². The molecule has 0 spiro atoms. The molecule has 1 fully saturated rings. The SMILES string of the molecule is C[C@H]1C[C@@H](c2nc(Cc3c[nH]c4ccc([N+](=O)[O-])cc34)no2)CCO1. The summed E-state index contributed by atoms with van der Waals surface area (Å²) in [4.78, 5) is 18.2. The van der Waals surface area contributed by atoms with E-state index in [4.69, 9.17) is 9.26 Å². The lowest BCUT2D eigenvalue weighted by atomic mass is 9.96. The van der Waals surface area contributed by atoms with Crippen LogP contribution in [-0.4, -0.2) is 32.8 Å². The van der Waals surface area contributed by atoms with Gasteiger partial charge in [0, 0.05) is 48.2 Å². The van der Waals surface area contributed by atoms with Gasteiger partial charge in [0.2, 0.25) is 5.89 Å². The number of ether oxygens (including phenoxy) is 1. The third-order valence-corrected chi connectivity index (χ3v) is 4.63. The van der Waals surface area contributed by atoms with Gasteiger partial charge in [-0.1, -0.05) is 5.16 Å². The predicted molar refractivity (Wildman–Crippen MR) is 89.4 cm³/mol. The zero-order valence-electron chi connectivity index (χ0n) is 13.8. The molecule has 2 aromatic heterocycles. The van der Waals surface area contributed by atoms with Gasteiger partial charge in [0.1, 0.15) is 0 Å². The number of nitro benzene ring substituents is 1. The first-order valence-corrected chi connectivity index (χ1v) is 8.28. The zero-order valence-corrected chi connectivity index (χ0v) is 13.8. The number of nitrogens with zero attached hydrogens (tertiary/aromatic N) is 3. The number of nitrogens with one attached hydrogen (secondary N) is 1. The molecule has 25 heavy (non-hydrogen) atoms. The smallest absolute Gasteiger partial charge is 0.270 e. The average Bonchev–Trinajstić information content (AvgIpc) is 3.22. The van der Waals surface area contributed by atoms with E-state index in [0.717, 1.165) is 29.3 Å². The highest BCUT2D eigenvalue weighted by Gasteiger charge is 2.26. The summed E-state index contributed by atoms with van der Waals surface area (Å²) < 4.78 is 11.0. The van der Waals surface area contributed by atoms with Crippen molar-refractivity contribution in [2.45, 2.75) is 38.2 Å². The van der Waals surface area contributed by atoms with Gasteiger partial charge in [0.05, 0.1) is 11.0 Å². The molecular formula is C17H18N4O4. The number of aromatic amines is 1. The van der Waals surface area contributed by atoms with Gasteiger partial charge in [-0.15, -0.1) is 0 Å². The highest BCUT2D eigenvalue weighted by atomic mass is 16.6. The lowest BCUT2D eigenvalue weighted by Crippen LogP contribution is -2.21. The maximum atomic E-state index is 11.0. The standard InChI is InChI=1S/C17H18N4O4/c1-10-6-11(4-5-24-10)17-19-16(20-25-17)7-12-9-18-15-3-2-13(21(22)23)8-14(12)15/h2-3,8-11,18H,4-7H2,1H3/t10-,11-/m0/s1. The van der Waals surface area contributed by atoms with E-state index < -0.39 is 4.92 Å². The van der Waals surface area contributed by atoms with E-state index >= 15 is 0 Å². The van der Waals surface area contributed by atoms with Gasteiger partial charge < -0.3 is 14.2 Å². The Balaban J connectivity index is 1.57. The summed E-state index contributed by atoms with van der Waals surface area (Å²) >= 11 is 0. The molecule has 8 heteroatoms. The third-order valence-electron chi connectivity index (χ3n) is 4.63. The maximum Gasteiger partial charge on any atom is 0.270 e. The molecule has 0 radical (unpaired) electrons. The molecule has 3 aromatic rings. The minimum atomic E-state index is -0.394. The summed E-state index contributed by atoms with van der Waals surface area (Å²) in [5.74, 6) is 1.46. The number of fused-ring (bicyclic) bond motifs is 1. The van der Waals surface area contributed by atoms with Gasteiger partial charge >= 0.3 is 0 Å². The summed E-state index contributed by atoms with van der Waals surface area (Å²) in [6, 6.07) is 4.77. The van der Waals surface area contributed by atoms with Gasteiger partial charge in [-0.2, -0.15) is 4.98 Å². The van der Waals surface area contributed by atoms with Crippen LogP contribution in [-0.2, 0) is 11.2 Å². The molecule has 4 rings (SSSR count). The molecule has 8 nitrogen and oxygen atoms in total. The molecule has 0 bridgehead atoms. The van der Waals surface area contributed by atoms with Crippen molar-refractivity contribution in [3.63, 3.8) is 0 Å². The van der Waals surface area contributed by atoms with Crippen molar-refractivity contribution in [3.05, 3.63) is 51.8 Å². The molecule has 1 aromatic carbocycles. The topological polar surface area (TPSA) is 107 Å². The van der Waals surface area contributed by atoms with Gasteiger partial charge in [-0.3, -0.25) is 10.1 Å². The first-order chi connectivity index (χ1) is 12.1. The molecule has 0 saturated carbocycles. The lowest BCUT2D eigenvalue weighted by Gasteiger charge is -2.24. The van der Waals surface area contributed by atoms with Crippen LogP contribution in [0.5, 0.6) is 0 Å². The van der Waals surface area contributed by atoms with Crippen molar-refractivity contribution < 1.29 is 14.2 Å². The fourth-order valence-corrected chi connectivity index (χ4v) is 3.32. The van der Waals surface area contributed by atoms with Crippen LogP contribution in [0.4, 0.5) is 5.69 Å². The van der Waals surface area contributed by atoms with Crippen LogP contribution in [0.1, 0.15) is 43.0 Å². The number of nitro groups is 1. The Hall–Kier alpha value is -2.74. The Morgan fingerprint density at radius 2 is 2.32 bits per heavy atom. The molecule has 1 aliphatic heterocycles. The first kappa shape index (κ1) is 15.8. The van der Waals surface area contributed by atoms with Crippen LogP contribution >= 0.6 is 0 Å². The summed E-state index contributed by atoms with van der Waals surface area (Å²) in [5.41, 5.74) is 1.83. The Morgan fingerprint density at radius 1 is 1.44 bits per heavy atom. The van der Waals surface area contributed by atoms with Crippen molar-refractivity contribution in [1.82, 2.24) is 15.1 Å². The predicted octanol–water partition coefficient (Wildman–Crippen LogP) is 3.33. The van der Waals surface area contributed by atoms with Crippen LogP contribution in [0.25, 0.3) is 10.9 Å². The van der Waals surface area contributed by atoms with Crippen molar-refractivity contribution in [2.24, 2.45) is 0 Å². The Kier molecular flexibility index (Phi) is 3.96. The average molecular weight is 342 g/mol. The van der Waals surface area contributed by atoms with Crippen molar-refractivity contribution in [2.75, 3.05) is 6.61 Å². The molecule has 0 unspecified atom stereocenters. The van der Waals surface area contributed by atoms with Crippen LogP contribution < -0.4 is 0 Å². The number of benzene rings is 1. The van der Waals surface area contributed by atoms with E-state index in [0.29, 0.717) is 24.7 Å². The molecule has 1 aliphatic rings. The van der Waals surface area contributed by atoms with E-state index in [1.54, 1.807) is 12.1 Å². The Bertz CT molecular complexity index is 916. The zero-order chi connectivity index (χ0) is 17.4. The van der Waals surface area contributed by atoms with E-state index in [-0.39, 0.29) is 17.7 Å². The highest BCUT2D eigenvalue weighted by molar-refractivity contribution is 5.85. The lowest BCUT2D eigenvalue weighted by molar-refractivity contribution is -0.384. The van der Waals surface area contributed by atoms with Gasteiger partial charge in [-0.05, 0) is 31.4 Å². The quantitative estimate of drug-likeness (QED) is 0.575.